The second-order valence-electron chi connectivity index (χ2n) is 5.63. The zero-order valence-corrected chi connectivity index (χ0v) is 13.7. The Morgan fingerprint density at radius 1 is 1.00 bits per heavy atom. The Labute approximate surface area is 133 Å². The normalized spacial score (nSPS) is 10.7. The van der Waals surface area contributed by atoms with E-state index in [0.29, 0.717) is 0 Å². The Morgan fingerprint density at radius 2 is 1.77 bits per heavy atom. The maximum Gasteiger partial charge on any atom is 0.226 e. The van der Waals surface area contributed by atoms with Crippen molar-refractivity contribution in [3.8, 4) is 0 Å². The number of nitrogens with zero attached hydrogens (tertiary/aromatic N) is 4. The molecule has 0 atom stereocenters. The van der Waals surface area contributed by atoms with Crippen LogP contribution in [0.2, 0.25) is 0 Å². The number of nitrogens with one attached hydrogen (secondary N) is 1. The molecule has 0 saturated carbocycles. The highest BCUT2D eigenvalue weighted by molar-refractivity contribution is 5.40. The smallest absolute Gasteiger partial charge is 0.226 e. The summed E-state index contributed by atoms with van der Waals surface area (Å²) >= 11 is 0. The third-order valence-corrected chi connectivity index (χ3v) is 3.43. The van der Waals surface area contributed by atoms with E-state index in [1.165, 1.54) is 5.56 Å². The molecule has 0 radical (unpaired) electrons. The van der Waals surface area contributed by atoms with Gasteiger partial charge in [-0.25, -0.2) is 4.98 Å². The van der Waals surface area contributed by atoms with Gasteiger partial charge in [0.25, 0.3) is 0 Å². The Hall–Kier alpha value is -2.14. The van der Waals surface area contributed by atoms with Crippen LogP contribution in [0.25, 0.3) is 0 Å². The predicted octanol–water partition coefficient (Wildman–Crippen LogP) is 2.13. The number of rotatable bonds is 8. The van der Waals surface area contributed by atoms with Crippen molar-refractivity contribution in [2.45, 2.75) is 6.42 Å². The molecule has 0 aliphatic carbocycles. The zero-order chi connectivity index (χ0) is 15.8. The molecule has 0 fully saturated rings. The van der Waals surface area contributed by atoms with Gasteiger partial charge < -0.3 is 15.1 Å². The first-order valence-electron chi connectivity index (χ1n) is 7.62. The Balaban J connectivity index is 1.88. The van der Waals surface area contributed by atoms with Crippen molar-refractivity contribution < 1.29 is 0 Å². The molecular weight excluding hydrogens is 274 g/mol. The summed E-state index contributed by atoms with van der Waals surface area (Å²) in [6, 6.07) is 12.4. The second kappa shape index (κ2) is 8.34. The van der Waals surface area contributed by atoms with Gasteiger partial charge in [-0.05, 0) is 32.1 Å². The highest BCUT2D eigenvalue weighted by atomic mass is 15.2. The molecule has 1 aromatic heterocycles. The number of likely N-dealkylation sites (N-methyl/N-ethyl adjacent to an activating group) is 2. The van der Waals surface area contributed by atoms with E-state index in [0.717, 1.165) is 37.8 Å². The van der Waals surface area contributed by atoms with Crippen molar-refractivity contribution in [2.24, 2.45) is 0 Å². The summed E-state index contributed by atoms with van der Waals surface area (Å²) in [6.07, 6.45) is 2.79. The summed E-state index contributed by atoms with van der Waals surface area (Å²) in [5.41, 5.74) is 1.33. The topological polar surface area (TPSA) is 44.3 Å². The lowest BCUT2D eigenvalue weighted by Crippen LogP contribution is -2.24. The maximum atomic E-state index is 4.57. The van der Waals surface area contributed by atoms with E-state index in [2.05, 4.69) is 63.4 Å². The fourth-order valence-corrected chi connectivity index (χ4v) is 2.08. The molecule has 0 aliphatic rings. The number of benzene rings is 1. The van der Waals surface area contributed by atoms with Gasteiger partial charge in [0.15, 0.2) is 0 Å². The average molecular weight is 299 g/mol. The molecule has 5 nitrogen and oxygen atoms in total. The number of hydrogen-bond donors (Lipinski definition) is 1. The van der Waals surface area contributed by atoms with Gasteiger partial charge in [0.2, 0.25) is 5.95 Å². The van der Waals surface area contributed by atoms with E-state index < -0.39 is 0 Å². The van der Waals surface area contributed by atoms with Crippen LogP contribution in [0.3, 0.4) is 0 Å². The molecule has 22 heavy (non-hydrogen) atoms. The van der Waals surface area contributed by atoms with Gasteiger partial charge in [-0.3, -0.25) is 0 Å². The summed E-state index contributed by atoms with van der Waals surface area (Å²) in [7, 11) is 6.15. The first-order valence-corrected chi connectivity index (χ1v) is 7.62. The molecule has 1 aromatic carbocycles. The van der Waals surface area contributed by atoms with Gasteiger partial charge in [-0.15, -0.1) is 0 Å². The zero-order valence-electron chi connectivity index (χ0n) is 13.7. The van der Waals surface area contributed by atoms with Gasteiger partial charge in [-0.2, -0.15) is 4.98 Å². The fraction of sp³-hybridized carbons (Fsp3) is 0.412. The minimum absolute atomic E-state index is 0.755. The van der Waals surface area contributed by atoms with Gasteiger partial charge in [-0.1, -0.05) is 30.3 Å². The predicted molar refractivity (Wildman–Crippen MR) is 92.5 cm³/mol. The van der Waals surface area contributed by atoms with E-state index in [1.807, 2.05) is 19.2 Å². The Kier molecular flexibility index (Phi) is 6.15. The van der Waals surface area contributed by atoms with E-state index in [9.17, 15) is 0 Å². The molecule has 5 heteroatoms. The molecule has 0 aliphatic heterocycles. The minimum Gasteiger partial charge on any atom is -0.369 e. The molecular formula is C17H25N5. The van der Waals surface area contributed by atoms with Crippen LogP contribution in [-0.2, 0) is 6.42 Å². The quantitative estimate of drug-likeness (QED) is 0.809. The van der Waals surface area contributed by atoms with Crippen molar-refractivity contribution >= 4 is 11.8 Å². The van der Waals surface area contributed by atoms with Crippen LogP contribution in [0.4, 0.5) is 11.8 Å². The first-order chi connectivity index (χ1) is 10.6. The highest BCUT2D eigenvalue weighted by Gasteiger charge is 2.05. The molecule has 1 heterocycles. The summed E-state index contributed by atoms with van der Waals surface area (Å²) < 4.78 is 0. The van der Waals surface area contributed by atoms with Crippen LogP contribution >= 0.6 is 0 Å². The SMILES string of the molecule is CN(C)CCNc1ccnc(N(C)CCc2ccccc2)n1. The maximum absolute atomic E-state index is 4.57. The third kappa shape index (κ3) is 5.33. The highest BCUT2D eigenvalue weighted by Crippen LogP contribution is 2.10. The van der Waals surface area contributed by atoms with Gasteiger partial charge in [0, 0.05) is 32.9 Å². The molecule has 1 N–H and O–H groups in total. The Morgan fingerprint density at radius 3 is 2.50 bits per heavy atom. The number of aromatic nitrogens is 2. The van der Waals surface area contributed by atoms with Crippen LogP contribution in [0.1, 0.15) is 5.56 Å². The molecule has 0 amide bonds. The monoisotopic (exact) mass is 299 g/mol. The number of anilines is 2. The van der Waals surface area contributed by atoms with Gasteiger partial charge >= 0.3 is 0 Å². The summed E-state index contributed by atoms with van der Waals surface area (Å²) in [6.45, 7) is 2.74. The van der Waals surface area contributed by atoms with Crippen molar-refractivity contribution in [2.75, 3.05) is 51.0 Å². The van der Waals surface area contributed by atoms with E-state index in [1.54, 1.807) is 6.20 Å². The van der Waals surface area contributed by atoms with Crippen LogP contribution in [0.5, 0.6) is 0 Å². The van der Waals surface area contributed by atoms with E-state index >= 15 is 0 Å². The Bertz CT molecular complexity index is 556. The summed E-state index contributed by atoms with van der Waals surface area (Å²) in [5.74, 6) is 1.63. The van der Waals surface area contributed by atoms with Crippen LogP contribution < -0.4 is 10.2 Å². The molecule has 0 bridgehead atoms. The fourth-order valence-electron chi connectivity index (χ4n) is 2.08. The lowest BCUT2D eigenvalue weighted by Gasteiger charge is -2.18. The van der Waals surface area contributed by atoms with Crippen LogP contribution in [-0.4, -0.2) is 55.6 Å². The minimum atomic E-state index is 0.755. The summed E-state index contributed by atoms with van der Waals surface area (Å²) in [5, 5.41) is 3.33. The third-order valence-electron chi connectivity index (χ3n) is 3.43. The van der Waals surface area contributed by atoms with Crippen LogP contribution in [0.15, 0.2) is 42.6 Å². The standard InChI is InChI=1S/C17H25N5/c1-21(2)14-12-18-16-9-11-19-17(20-16)22(3)13-10-15-7-5-4-6-8-15/h4-9,11H,10,12-14H2,1-3H3,(H,18,19,20). The molecule has 118 valence electrons. The molecule has 0 unspecified atom stereocenters. The lowest BCUT2D eigenvalue weighted by molar-refractivity contribution is 0.425. The molecule has 2 rings (SSSR count). The van der Waals surface area contributed by atoms with Crippen molar-refractivity contribution in [3.63, 3.8) is 0 Å². The lowest BCUT2D eigenvalue weighted by atomic mass is 10.1. The molecule has 2 aromatic rings. The molecule has 0 saturated heterocycles. The second-order valence-corrected chi connectivity index (χ2v) is 5.63. The largest absolute Gasteiger partial charge is 0.369 e. The summed E-state index contributed by atoms with van der Waals surface area (Å²) in [4.78, 5) is 13.2. The van der Waals surface area contributed by atoms with Crippen LogP contribution in [0, 0.1) is 0 Å². The van der Waals surface area contributed by atoms with Crippen molar-refractivity contribution in [3.05, 3.63) is 48.2 Å². The van der Waals surface area contributed by atoms with E-state index in [4.69, 9.17) is 0 Å². The first kappa shape index (κ1) is 16.2. The van der Waals surface area contributed by atoms with E-state index in [-0.39, 0.29) is 0 Å². The van der Waals surface area contributed by atoms with Gasteiger partial charge in [0.1, 0.15) is 5.82 Å². The van der Waals surface area contributed by atoms with Crippen molar-refractivity contribution in [1.82, 2.24) is 14.9 Å². The van der Waals surface area contributed by atoms with Gasteiger partial charge in [0.05, 0.1) is 0 Å². The molecule has 0 spiro atoms. The average Bonchev–Trinajstić information content (AvgIpc) is 2.53. The number of hydrogen-bond acceptors (Lipinski definition) is 5. The van der Waals surface area contributed by atoms with Crippen molar-refractivity contribution in [1.29, 1.82) is 0 Å².